The van der Waals surface area contributed by atoms with E-state index in [2.05, 4.69) is 45.4 Å². The molecule has 0 heterocycles. The second kappa shape index (κ2) is 18.2. The molecule has 0 aromatic heterocycles. The Morgan fingerprint density at radius 3 is 2.34 bits per heavy atom. The molecule has 0 aliphatic heterocycles. The highest BCUT2D eigenvalue weighted by Gasteiger charge is 2.29. The van der Waals surface area contributed by atoms with Gasteiger partial charge in [0.25, 0.3) is 0 Å². The third kappa shape index (κ3) is 13.8. The van der Waals surface area contributed by atoms with Crippen molar-refractivity contribution in [3.8, 4) is 0 Å². The molecule has 4 heteroatoms. The first kappa shape index (κ1) is 29.6. The number of carbonyl (C=O) groups is 1. The molecule has 1 aliphatic rings. The number of hydrogen-bond donors (Lipinski definition) is 1. The van der Waals surface area contributed by atoms with Gasteiger partial charge < -0.3 is 14.6 Å². The summed E-state index contributed by atoms with van der Waals surface area (Å²) in [5.41, 5.74) is 5.27. The SMILES string of the molecule is C=C.C=C(/C=C\C(C)=C=CCC)OC(=O)C1CCC(OC(O)C/C=C\C(C)=C/CC)CC1. The Hall–Kier alpha value is -2.39. The maximum atomic E-state index is 12.4. The van der Waals surface area contributed by atoms with Crippen LogP contribution in [0.2, 0.25) is 0 Å². The molecular weight excluding hydrogens is 400 g/mol. The van der Waals surface area contributed by atoms with E-state index in [-0.39, 0.29) is 18.0 Å². The number of rotatable bonds is 11. The van der Waals surface area contributed by atoms with E-state index < -0.39 is 6.29 Å². The Labute approximate surface area is 195 Å². The number of esters is 1. The van der Waals surface area contributed by atoms with Gasteiger partial charge in [0.1, 0.15) is 5.76 Å². The molecule has 1 aliphatic carbocycles. The van der Waals surface area contributed by atoms with Crippen molar-refractivity contribution >= 4 is 5.97 Å². The fraction of sp³-hybridized carbons (Fsp3) is 0.500. The summed E-state index contributed by atoms with van der Waals surface area (Å²) in [7, 11) is 0. The van der Waals surface area contributed by atoms with Crippen LogP contribution in [0.15, 0.2) is 78.8 Å². The summed E-state index contributed by atoms with van der Waals surface area (Å²) in [5.74, 6) is -0.0494. The summed E-state index contributed by atoms with van der Waals surface area (Å²) < 4.78 is 11.1. The molecule has 1 rings (SSSR count). The molecule has 1 unspecified atom stereocenters. The highest BCUT2D eigenvalue weighted by atomic mass is 16.6. The Morgan fingerprint density at radius 2 is 1.75 bits per heavy atom. The van der Waals surface area contributed by atoms with Crippen molar-refractivity contribution in [2.75, 3.05) is 0 Å². The van der Waals surface area contributed by atoms with E-state index in [1.54, 1.807) is 6.08 Å². The first-order chi connectivity index (χ1) is 15.3. The largest absolute Gasteiger partial charge is 0.427 e. The van der Waals surface area contributed by atoms with E-state index in [0.29, 0.717) is 25.0 Å². The molecule has 1 N–H and O–H groups in total. The standard InChI is InChI=1S/C26H38O4.C2H4/c1-6-8-11-21(4)14-15-22(5)29-26(28)23-16-18-24(19-17-23)30-25(27)13-9-12-20(3)10-7-2;1-2/h8-10,12,14-15,23-25,27H,5-7,13,16-19H2,1-4H3;1-2H2/b12-9-,15-14-,20-10-;. The molecule has 0 amide bonds. The zero-order valence-electron chi connectivity index (χ0n) is 20.4. The highest BCUT2D eigenvalue weighted by molar-refractivity contribution is 5.73. The van der Waals surface area contributed by atoms with Crippen LogP contribution in [0.1, 0.15) is 72.6 Å². The number of hydrogen-bond acceptors (Lipinski definition) is 4. The summed E-state index contributed by atoms with van der Waals surface area (Å²) in [4.78, 5) is 12.4. The number of ether oxygens (including phenoxy) is 2. The minimum Gasteiger partial charge on any atom is -0.427 e. The number of aliphatic hydroxyl groups is 1. The van der Waals surface area contributed by atoms with E-state index in [1.807, 2.05) is 38.2 Å². The van der Waals surface area contributed by atoms with Crippen LogP contribution in [0.25, 0.3) is 0 Å². The van der Waals surface area contributed by atoms with E-state index in [4.69, 9.17) is 9.47 Å². The summed E-state index contributed by atoms with van der Waals surface area (Å²) in [6.45, 7) is 17.9. The normalized spacial score (nSPS) is 19.6. The average molecular weight is 443 g/mol. The quantitative estimate of drug-likeness (QED) is 0.0925. The fourth-order valence-corrected chi connectivity index (χ4v) is 3.25. The molecule has 0 aromatic rings. The lowest BCUT2D eigenvalue weighted by atomic mass is 9.87. The fourth-order valence-electron chi connectivity index (χ4n) is 3.25. The molecule has 0 bridgehead atoms. The summed E-state index contributed by atoms with van der Waals surface area (Å²) >= 11 is 0. The first-order valence-corrected chi connectivity index (χ1v) is 11.5. The van der Waals surface area contributed by atoms with Crippen molar-refractivity contribution in [2.24, 2.45) is 5.92 Å². The lowest BCUT2D eigenvalue weighted by Gasteiger charge is -2.28. The van der Waals surface area contributed by atoms with Gasteiger partial charge in [-0.3, -0.25) is 4.79 Å². The van der Waals surface area contributed by atoms with Crippen LogP contribution < -0.4 is 0 Å². The molecule has 0 spiro atoms. The molecule has 1 saturated carbocycles. The third-order valence-corrected chi connectivity index (χ3v) is 4.89. The second-order valence-corrected chi connectivity index (χ2v) is 7.72. The van der Waals surface area contributed by atoms with Crippen LogP contribution in [-0.2, 0) is 14.3 Å². The van der Waals surface area contributed by atoms with Crippen molar-refractivity contribution in [1.29, 1.82) is 0 Å². The molecular formula is C28H42O4. The van der Waals surface area contributed by atoms with Crippen molar-refractivity contribution in [3.63, 3.8) is 0 Å². The summed E-state index contributed by atoms with van der Waals surface area (Å²) in [6, 6.07) is 0. The van der Waals surface area contributed by atoms with Crippen LogP contribution in [-0.4, -0.2) is 23.5 Å². The number of carbonyl (C=O) groups excluding carboxylic acids is 1. The van der Waals surface area contributed by atoms with Crippen LogP contribution in [0, 0.1) is 5.92 Å². The molecule has 32 heavy (non-hydrogen) atoms. The Bertz CT molecular complexity index is 712. The molecule has 0 radical (unpaired) electrons. The first-order valence-electron chi connectivity index (χ1n) is 11.5. The Kier molecular flexibility index (Phi) is 16.8. The van der Waals surface area contributed by atoms with Gasteiger partial charge in [-0.25, -0.2) is 0 Å². The second-order valence-electron chi connectivity index (χ2n) is 7.72. The molecule has 0 aromatic carbocycles. The third-order valence-electron chi connectivity index (χ3n) is 4.89. The maximum Gasteiger partial charge on any atom is 0.314 e. The topological polar surface area (TPSA) is 55.8 Å². The zero-order valence-corrected chi connectivity index (χ0v) is 20.4. The lowest BCUT2D eigenvalue weighted by Crippen LogP contribution is -2.30. The maximum absolute atomic E-state index is 12.4. The summed E-state index contributed by atoms with van der Waals surface area (Å²) in [5, 5.41) is 10.1. The van der Waals surface area contributed by atoms with Crippen LogP contribution in [0.4, 0.5) is 0 Å². The van der Waals surface area contributed by atoms with Crippen LogP contribution in [0.3, 0.4) is 0 Å². The zero-order chi connectivity index (χ0) is 24.4. The smallest absolute Gasteiger partial charge is 0.314 e. The molecule has 1 atom stereocenters. The number of allylic oxidation sites excluding steroid dienone is 6. The van der Waals surface area contributed by atoms with E-state index in [0.717, 1.165) is 31.3 Å². The van der Waals surface area contributed by atoms with Crippen molar-refractivity contribution < 1.29 is 19.4 Å². The number of aliphatic hydroxyl groups excluding tert-OH is 1. The van der Waals surface area contributed by atoms with Gasteiger partial charge in [0.2, 0.25) is 0 Å². The van der Waals surface area contributed by atoms with Crippen LogP contribution in [0.5, 0.6) is 0 Å². The average Bonchev–Trinajstić information content (AvgIpc) is 2.78. The minimum atomic E-state index is -0.813. The van der Waals surface area contributed by atoms with Gasteiger partial charge in [-0.05, 0) is 76.2 Å². The predicted molar refractivity (Wildman–Crippen MR) is 134 cm³/mol. The van der Waals surface area contributed by atoms with Gasteiger partial charge in [0.05, 0.1) is 12.0 Å². The van der Waals surface area contributed by atoms with Crippen molar-refractivity contribution in [2.45, 2.75) is 85.0 Å². The van der Waals surface area contributed by atoms with Gasteiger partial charge in [-0.2, -0.15) is 0 Å². The highest BCUT2D eigenvalue weighted by Crippen LogP contribution is 2.28. The van der Waals surface area contributed by atoms with Gasteiger partial charge in [0, 0.05) is 6.42 Å². The minimum absolute atomic E-state index is 0.0223. The van der Waals surface area contributed by atoms with Gasteiger partial charge in [-0.1, -0.05) is 44.2 Å². The molecule has 178 valence electrons. The Morgan fingerprint density at radius 1 is 1.09 bits per heavy atom. The van der Waals surface area contributed by atoms with Gasteiger partial charge in [-0.15, -0.1) is 18.9 Å². The molecule has 4 nitrogen and oxygen atoms in total. The van der Waals surface area contributed by atoms with Gasteiger partial charge in [0.15, 0.2) is 6.29 Å². The lowest BCUT2D eigenvalue weighted by molar-refractivity contribution is -0.154. The van der Waals surface area contributed by atoms with Crippen molar-refractivity contribution in [3.05, 3.63) is 78.8 Å². The monoisotopic (exact) mass is 442 g/mol. The van der Waals surface area contributed by atoms with Crippen LogP contribution >= 0.6 is 0 Å². The van der Waals surface area contributed by atoms with E-state index in [9.17, 15) is 9.90 Å². The summed E-state index contributed by atoms with van der Waals surface area (Å²) in [6.07, 6.45) is 16.0. The van der Waals surface area contributed by atoms with Crippen molar-refractivity contribution in [1.82, 2.24) is 0 Å². The molecule has 0 saturated heterocycles. The van der Waals surface area contributed by atoms with Gasteiger partial charge >= 0.3 is 5.97 Å². The molecule has 1 fully saturated rings. The predicted octanol–water partition coefficient (Wildman–Crippen LogP) is 7.11. The Balaban J connectivity index is 0.00000466. The van der Waals surface area contributed by atoms with E-state index in [1.165, 1.54) is 5.57 Å². The van der Waals surface area contributed by atoms with E-state index >= 15 is 0 Å².